The Kier molecular flexibility index (Phi) is 15.0. The van der Waals surface area contributed by atoms with Crippen LogP contribution in [-0.2, 0) is 28.3 Å². The minimum absolute atomic E-state index is 0. The zero-order chi connectivity index (χ0) is 6.50. The summed E-state index contributed by atoms with van der Waals surface area (Å²) in [6, 6.07) is 0. The van der Waals surface area contributed by atoms with E-state index in [2.05, 4.69) is 0 Å². The first kappa shape index (κ1) is 15.8. The zero-order valence-corrected chi connectivity index (χ0v) is 6.52. The van der Waals surface area contributed by atoms with Gasteiger partial charge < -0.3 is 20.8 Å². The summed E-state index contributed by atoms with van der Waals surface area (Å²) in [7, 11) is -4.89. The summed E-state index contributed by atoms with van der Waals surface area (Å²) in [6.45, 7) is 0. The Balaban J connectivity index is -0.0000000750. The molecule has 0 aliphatic rings. The first-order chi connectivity index (χ1) is 3.00. The Hall–Kier alpha value is 0.584. The van der Waals surface area contributed by atoms with Crippen molar-refractivity contribution in [2.24, 2.45) is 0 Å². The first-order valence-corrected chi connectivity index (χ1v) is 3.14. The standard InChI is InChI=1S/H3N.H3O4P.O.Ti/c;1-5(2,3)4;;/h1H3;(H3,1,2,3,4);;. The fourth-order valence-corrected chi connectivity index (χ4v) is 0. The van der Waals surface area contributed by atoms with Gasteiger partial charge in [0, 0.05) is 0 Å². The summed E-state index contributed by atoms with van der Waals surface area (Å²) in [4.78, 5) is 22.9. The molecule has 0 aromatic rings. The summed E-state index contributed by atoms with van der Waals surface area (Å²) in [6.07, 6.45) is 0. The normalized spacial score (nSPS) is 7.75. The Morgan fingerprint density at radius 3 is 1.38 bits per heavy atom. The molecule has 0 unspecified atom stereocenters. The molecule has 6 nitrogen and oxygen atoms in total. The van der Waals surface area contributed by atoms with Gasteiger partial charge in [-0.15, -0.1) is 0 Å². The van der Waals surface area contributed by atoms with Crippen molar-refractivity contribution in [2.75, 3.05) is 0 Å². The van der Waals surface area contributed by atoms with Crippen LogP contribution < -0.4 is 11.0 Å². The molecule has 0 bridgehead atoms. The van der Waals surface area contributed by atoms with Crippen LogP contribution in [0.5, 0.6) is 0 Å². The van der Waals surface area contributed by atoms with Gasteiger partial charge in [0.05, 0.1) is 0 Å². The molecule has 0 aliphatic carbocycles. The van der Waals surface area contributed by atoms with Crippen molar-refractivity contribution in [3.05, 3.63) is 0 Å². The van der Waals surface area contributed by atoms with E-state index in [0.29, 0.717) is 0 Å². The van der Waals surface area contributed by atoms with Crippen LogP contribution >= 0.6 is 7.82 Å². The summed E-state index contributed by atoms with van der Waals surface area (Å²) in [5, 5.41) is 0. The van der Waals surface area contributed by atoms with Gasteiger partial charge in [-0.25, -0.2) is 0 Å². The molecule has 8 heteroatoms. The quantitative estimate of drug-likeness (QED) is 0.313. The molecular weight excluding hydrogens is 173 g/mol. The molecule has 0 aliphatic heterocycles. The summed E-state index contributed by atoms with van der Waals surface area (Å²) >= 11 is 0.750. The summed E-state index contributed by atoms with van der Waals surface area (Å²) < 4.78 is 17.0. The van der Waals surface area contributed by atoms with E-state index in [-0.39, 0.29) is 6.15 Å². The second-order valence-electron chi connectivity index (χ2n) is 0.491. The molecule has 0 rings (SSSR count). The molecular formula is H6NO5PTi. The summed E-state index contributed by atoms with van der Waals surface area (Å²) in [5.41, 5.74) is 0. The maximum atomic E-state index is 8.77. The van der Waals surface area contributed by atoms with Crippen LogP contribution in [0.25, 0.3) is 0 Å². The van der Waals surface area contributed by atoms with Gasteiger partial charge in [-0.3, -0.25) is 4.57 Å². The van der Waals surface area contributed by atoms with Gasteiger partial charge in [0.15, 0.2) is 0 Å². The topological polar surface area (TPSA) is 134 Å². The average molecular weight is 179 g/mol. The van der Waals surface area contributed by atoms with Gasteiger partial charge in [-0.2, -0.15) is 0 Å². The van der Waals surface area contributed by atoms with Crippen molar-refractivity contribution in [1.29, 1.82) is 0 Å². The third-order valence-electron chi connectivity index (χ3n) is 0. The van der Waals surface area contributed by atoms with Crippen LogP contribution in [0.3, 0.4) is 0 Å². The molecule has 0 atom stereocenters. The third-order valence-corrected chi connectivity index (χ3v) is 0. The fourth-order valence-electron chi connectivity index (χ4n) is 0. The van der Waals surface area contributed by atoms with E-state index in [0.717, 1.165) is 20.4 Å². The van der Waals surface area contributed by atoms with Crippen LogP contribution in [0, 0.1) is 0 Å². The Morgan fingerprint density at radius 2 is 1.38 bits per heavy atom. The first-order valence-electron chi connectivity index (χ1n) is 0.969. The van der Waals surface area contributed by atoms with Crippen molar-refractivity contribution in [3.63, 3.8) is 0 Å². The van der Waals surface area contributed by atoms with Crippen LogP contribution in [0.15, 0.2) is 0 Å². The molecule has 0 fully saturated rings. The van der Waals surface area contributed by atoms with E-state index in [1.54, 1.807) is 0 Å². The fraction of sp³-hybridized carbons (Fsp3) is 0. The molecule has 6 N–H and O–H groups in total. The SMILES string of the molecule is O=P([O-])(O)O.[NH4+].[O]=[Ti]. The van der Waals surface area contributed by atoms with Crippen LogP contribution in [0.4, 0.5) is 0 Å². The van der Waals surface area contributed by atoms with Crippen LogP contribution in [-0.4, -0.2) is 9.79 Å². The number of quaternary nitrogens is 1. The summed E-state index contributed by atoms with van der Waals surface area (Å²) in [5.74, 6) is 0. The van der Waals surface area contributed by atoms with Gasteiger partial charge in [0.2, 0.25) is 0 Å². The average Bonchev–Trinajstić information content (AvgIpc) is 1.36. The zero-order valence-electron chi connectivity index (χ0n) is 4.07. The monoisotopic (exact) mass is 179 g/mol. The van der Waals surface area contributed by atoms with Crippen molar-refractivity contribution in [2.45, 2.75) is 0 Å². The van der Waals surface area contributed by atoms with Crippen molar-refractivity contribution in [3.8, 4) is 0 Å². The molecule has 0 saturated carbocycles. The van der Waals surface area contributed by atoms with E-state index in [1.165, 1.54) is 0 Å². The maximum absolute atomic E-state index is 8.77. The molecule has 50 valence electrons. The Bertz CT molecular complexity index is 68.2. The number of phosphoric acid groups is 1. The Morgan fingerprint density at radius 1 is 1.38 bits per heavy atom. The van der Waals surface area contributed by atoms with Crippen molar-refractivity contribution < 1.29 is 43.0 Å². The number of hydrogen-bond acceptors (Lipinski definition) is 3. The van der Waals surface area contributed by atoms with Gasteiger partial charge in [0.1, 0.15) is 0 Å². The van der Waals surface area contributed by atoms with Crippen molar-refractivity contribution >= 4 is 7.82 Å². The molecule has 0 radical (unpaired) electrons. The van der Waals surface area contributed by atoms with Gasteiger partial charge in [-0.05, 0) is 0 Å². The molecule has 0 aromatic carbocycles. The van der Waals surface area contributed by atoms with Gasteiger partial charge in [0.25, 0.3) is 7.82 Å². The molecule has 0 spiro atoms. The van der Waals surface area contributed by atoms with Crippen molar-refractivity contribution in [1.82, 2.24) is 6.15 Å². The molecule has 0 aromatic heterocycles. The van der Waals surface area contributed by atoms with Crippen LogP contribution in [0.1, 0.15) is 0 Å². The second kappa shape index (κ2) is 7.58. The third kappa shape index (κ3) is 601. The Labute approximate surface area is 57.5 Å². The molecule has 0 amide bonds. The number of hydrogen-bond donors (Lipinski definition) is 3. The van der Waals surface area contributed by atoms with E-state index < -0.39 is 7.82 Å². The second-order valence-corrected chi connectivity index (χ2v) is 1.47. The van der Waals surface area contributed by atoms with Gasteiger partial charge in [-0.1, -0.05) is 0 Å². The molecule has 8 heavy (non-hydrogen) atoms. The van der Waals surface area contributed by atoms with Crippen LogP contribution in [0.2, 0.25) is 0 Å². The number of rotatable bonds is 0. The minimum atomic E-state index is -4.89. The predicted molar refractivity (Wildman–Crippen MR) is 18.7 cm³/mol. The van der Waals surface area contributed by atoms with Gasteiger partial charge >= 0.3 is 23.7 Å². The van der Waals surface area contributed by atoms with E-state index in [9.17, 15) is 0 Å². The molecule has 0 heterocycles. The van der Waals surface area contributed by atoms with E-state index >= 15 is 0 Å². The van der Waals surface area contributed by atoms with E-state index in [1.807, 2.05) is 0 Å². The van der Waals surface area contributed by atoms with E-state index in [4.69, 9.17) is 22.6 Å². The molecule has 0 saturated heterocycles. The predicted octanol–water partition coefficient (Wildman–Crippen LogP) is -1.31.